The van der Waals surface area contributed by atoms with E-state index >= 15 is 0 Å². The number of non-ortho nitro benzene ring substituents is 1. The molecule has 0 saturated carbocycles. The van der Waals surface area contributed by atoms with Gasteiger partial charge in [-0.15, -0.1) is 0 Å². The Bertz CT molecular complexity index is 791. The molecule has 2 fully saturated rings. The molecule has 1 amide bonds. The van der Waals surface area contributed by atoms with Crippen LogP contribution in [0.5, 0.6) is 0 Å². The van der Waals surface area contributed by atoms with Crippen molar-refractivity contribution in [2.75, 3.05) is 50.7 Å². The van der Waals surface area contributed by atoms with Crippen molar-refractivity contribution in [3.05, 3.63) is 33.9 Å². The third-order valence-corrected chi connectivity index (χ3v) is 5.68. The van der Waals surface area contributed by atoms with Crippen LogP contribution >= 0.6 is 0 Å². The molecule has 31 heavy (non-hydrogen) atoms. The molecule has 2 aliphatic heterocycles. The van der Waals surface area contributed by atoms with Crippen LogP contribution in [-0.4, -0.2) is 72.2 Å². The second-order valence-corrected chi connectivity index (χ2v) is 9.21. The Labute approximate surface area is 180 Å². The number of piperidine rings is 1. The molecule has 0 N–H and O–H groups in total. The highest BCUT2D eigenvalue weighted by Gasteiger charge is 2.30. The maximum Gasteiger partial charge on any atom is 0.410 e. The van der Waals surface area contributed by atoms with Crippen molar-refractivity contribution < 1.29 is 23.2 Å². The highest BCUT2D eigenvalue weighted by atomic mass is 19.1. The first-order valence-electron chi connectivity index (χ1n) is 10.6. The molecule has 0 atom stereocenters. The summed E-state index contributed by atoms with van der Waals surface area (Å²) in [5, 5.41) is 10.8. The number of benzene rings is 1. The average Bonchev–Trinajstić information content (AvgIpc) is 2.68. The third-order valence-electron chi connectivity index (χ3n) is 5.68. The van der Waals surface area contributed by atoms with Gasteiger partial charge in [0.2, 0.25) is 0 Å². The Morgan fingerprint density at radius 1 is 1.10 bits per heavy atom. The number of nitro benzene ring substituents is 1. The summed E-state index contributed by atoms with van der Waals surface area (Å²) >= 11 is 0. The number of hydrogen-bond acceptors (Lipinski definition) is 6. The van der Waals surface area contributed by atoms with Crippen molar-refractivity contribution in [3.63, 3.8) is 0 Å². The van der Waals surface area contributed by atoms with Crippen molar-refractivity contribution in [1.82, 2.24) is 9.80 Å². The van der Waals surface area contributed by atoms with Crippen molar-refractivity contribution in [2.45, 2.75) is 39.2 Å². The Morgan fingerprint density at radius 2 is 1.65 bits per heavy atom. The van der Waals surface area contributed by atoms with Crippen molar-refractivity contribution in [3.8, 4) is 0 Å². The number of ether oxygens (including phenoxy) is 1. The zero-order valence-electron chi connectivity index (χ0n) is 18.3. The van der Waals surface area contributed by atoms with E-state index in [2.05, 4.69) is 4.90 Å². The van der Waals surface area contributed by atoms with Crippen molar-refractivity contribution >= 4 is 17.5 Å². The number of piperazine rings is 1. The molecule has 0 unspecified atom stereocenters. The molecule has 1 aromatic carbocycles. The van der Waals surface area contributed by atoms with Gasteiger partial charge in [-0.1, -0.05) is 0 Å². The molecule has 2 aliphatic rings. The van der Waals surface area contributed by atoms with Crippen LogP contribution in [0.15, 0.2) is 12.1 Å². The summed E-state index contributed by atoms with van der Waals surface area (Å²) in [7, 11) is 0. The zero-order valence-corrected chi connectivity index (χ0v) is 18.3. The van der Waals surface area contributed by atoms with Gasteiger partial charge in [0.15, 0.2) is 11.6 Å². The van der Waals surface area contributed by atoms with E-state index in [4.69, 9.17) is 4.74 Å². The molecule has 3 rings (SSSR count). The third kappa shape index (κ3) is 6.03. The minimum atomic E-state index is -0.908. The van der Waals surface area contributed by atoms with Crippen LogP contribution < -0.4 is 4.90 Å². The SMILES string of the molecule is CC(C)(C)OC(=O)N1CCC(CN2CCN(c3c(F)cc([N+](=O)[O-])cc3F)CC2)CC1. The lowest BCUT2D eigenvalue weighted by Gasteiger charge is -2.39. The van der Waals surface area contributed by atoms with E-state index in [1.165, 1.54) is 0 Å². The summed E-state index contributed by atoms with van der Waals surface area (Å²) in [6.45, 7) is 9.97. The Kier molecular flexibility index (Phi) is 6.98. The highest BCUT2D eigenvalue weighted by molar-refractivity contribution is 5.68. The lowest BCUT2D eigenvalue weighted by Crippen LogP contribution is -2.49. The van der Waals surface area contributed by atoms with Crippen LogP contribution in [0.4, 0.5) is 25.0 Å². The molecular formula is C21H30F2N4O4. The van der Waals surface area contributed by atoms with E-state index in [1.54, 1.807) is 9.80 Å². The van der Waals surface area contributed by atoms with Crippen LogP contribution in [0.1, 0.15) is 33.6 Å². The van der Waals surface area contributed by atoms with E-state index in [9.17, 15) is 23.7 Å². The van der Waals surface area contributed by atoms with Gasteiger partial charge in [-0.05, 0) is 39.5 Å². The van der Waals surface area contributed by atoms with Crippen LogP contribution in [0.2, 0.25) is 0 Å². The van der Waals surface area contributed by atoms with Gasteiger partial charge >= 0.3 is 6.09 Å². The number of carbonyl (C=O) groups is 1. The molecule has 2 heterocycles. The molecular weight excluding hydrogens is 410 g/mol. The topological polar surface area (TPSA) is 79.2 Å². The van der Waals surface area contributed by atoms with E-state index < -0.39 is 27.8 Å². The van der Waals surface area contributed by atoms with Gasteiger partial charge in [-0.2, -0.15) is 0 Å². The predicted molar refractivity (Wildman–Crippen MR) is 112 cm³/mol. The van der Waals surface area contributed by atoms with E-state index in [1.807, 2.05) is 20.8 Å². The van der Waals surface area contributed by atoms with Gasteiger partial charge in [0, 0.05) is 45.8 Å². The Balaban J connectivity index is 1.47. The highest BCUT2D eigenvalue weighted by Crippen LogP contribution is 2.29. The number of hydrogen-bond donors (Lipinski definition) is 0. The predicted octanol–water partition coefficient (Wildman–Crippen LogP) is 3.64. The van der Waals surface area contributed by atoms with Crippen molar-refractivity contribution in [1.29, 1.82) is 0 Å². The normalized spacial score (nSPS) is 18.9. The number of rotatable bonds is 4. The smallest absolute Gasteiger partial charge is 0.410 e. The molecule has 1 aromatic rings. The summed E-state index contributed by atoms with van der Waals surface area (Å²) in [6, 6.07) is 1.53. The maximum atomic E-state index is 14.3. The van der Waals surface area contributed by atoms with Crippen LogP contribution in [0.25, 0.3) is 0 Å². The fourth-order valence-electron chi connectivity index (χ4n) is 4.10. The second-order valence-electron chi connectivity index (χ2n) is 9.21. The average molecular weight is 440 g/mol. The molecule has 0 bridgehead atoms. The molecule has 0 aliphatic carbocycles. The number of anilines is 1. The monoisotopic (exact) mass is 440 g/mol. The quantitative estimate of drug-likeness (QED) is 0.525. The summed E-state index contributed by atoms with van der Waals surface area (Å²) in [5.41, 5.74) is -1.29. The lowest BCUT2D eigenvalue weighted by molar-refractivity contribution is -0.385. The lowest BCUT2D eigenvalue weighted by atomic mass is 9.96. The second kappa shape index (κ2) is 9.33. The summed E-state index contributed by atoms with van der Waals surface area (Å²) < 4.78 is 34.0. The van der Waals surface area contributed by atoms with Gasteiger partial charge in [0.05, 0.1) is 17.1 Å². The number of carbonyl (C=O) groups excluding carboxylic acids is 1. The molecule has 0 aromatic heterocycles. The standard InChI is InChI=1S/C21H30F2N4O4/c1-21(2,3)31-20(28)26-6-4-15(5-7-26)14-24-8-10-25(11-9-24)19-17(22)12-16(27(29)30)13-18(19)23/h12-13,15H,4-11,14H2,1-3H3. The molecule has 0 spiro atoms. The number of nitro groups is 1. The minimum Gasteiger partial charge on any atom is -0.444 e. The molecule has 10 heteroatoms. The Hall–Kier alpha value is -2.49. The van der Waals surface area contributed by atoms with Gasteiger partial charge in [0.25, 0.3) is 5.69 Å². The van der Waals surface area contributed by atoms with Crippen LogP contribution in [0, 0.1) is 27.7 Å². The van der Waals surface area contributed by atoms with E-state index in [0.717, 1.165) is 31.5 Å². The number of amides is 1. The van der Waals surface area contributed by atoms with Gasteiger partial charge < -0.3 is 14.5 Å². The summed E-state index contributed by atoms with van der Waals surface area (Å²) in [6.07, 6.45) is 1.52. The van der Waals surface area contributed by atoms with Crippen molar-refractivity contribution in [2.24, 2.45) is 5.92 Å². The first kappa shape index (κ1) is 23.2. The zero-order chi connectivity index (χ0) is 22.8. The number of likely N-dealkylation sites (tertiary alicyclic amines) is 1. The minimum absolute atomic E-state index is 0.198. The fourth-order valence-corrected chi connectivity index (χ4v) is 4.10. The van der Waals surface area contributed by atoms with Crippen LogP contribution in [0.3, 0.4) is 0 Å². The van der Waals surface area contributed by atoms with E-state index in [-0.39, 0.29) is 11.8 Å². The maximum absolute atomic E-state index is 14.3. The first-order chi connectivity index (χ1) is 14.5. The summed E-state index contributed by atoms with van der Waals surface area (Å²) in [5.74, 6) is -1.36. The first-order valence-corrected chi connectivity index (χ1v) is 10.6. The molecule has 0 radical (unpaired) electrons. The molecule has 8 nitrogen and oxygen atoms in total. The molecule has 2 saturated heterocycles. The van der Waals surface area contributed by atoms with Crippen LogP contribution in [-0.2, 0) is 4.74 Å². The van der Waals surface area contributed by atoms with Gasteiger partial charge in [0.1, 0.15) is 11.3 Å². The van der Waals surface area contributed by atoms with Gasteiger partial charge in [-0.3, -0.25) is 15.0 Å². The Morgan fingerprint density at radius 3 is 2.13 bits per heavy atom. The number of halogens is 2. The van der Waals surface area contributed by atoms with Gasteiger partial charge in [-0.25, -0.2) is 13.6 Å². The molecule has 172 valence electrons. The summed E-state index contributed by atoms with van der Waals surface area (Å²) in [4.78, 5) is 27.8. The van der Waals surface area contributed by atoms with E-state index in [0.29, 0.717) is 45.2 Å². The fraction of sp³-hybridized carbons (Fsp3) is 0.667. The number of nitrogens with zero attached hydrogens (tertiary/aromatic N) is 4. The largest absolute Gasteiger partial charge is 0.444 e.